The van der Waals surface area contributed by atoms with Gasteiger partial charge in [-0.1, -0.05) is 19.8 Å². The average molecular weight is 175 g/mol. The molecule has 0 aromatic carbocycles. The van der Waals surface area contributed by atoms with E-state index in [-0.39, 0.29) is 6.61 Å². The van der Waals surface area contributed by atoms with E-state index in [1.165, 1.54) is 12.8 Å². The highest BCUT2D eigenvalue weighted by Crippen LogP contribution is 1.97. The van der Waals surface area contributed by atoms with Gasteiger partial charge < -0.3 is 14.6 Å². The minimum Gasteiger partial charge on any atom is -0.394 e. The lowest BCUT2D eigenvalue weighted by Gasteiger charge is -2.03. The molecule has 0 atom stereocenters. The summed E-state index contributed by atoms with van der Waals surface area (Å²) in [5.41, 5.74) is 0. The Balaban J connectivity index is 2.73. The fourth-order valence-electron chi connectivity index (χ4n) is 0.728. The summed E-state index contributed by atoms with van der Waals surface area (Å²) in [7, 11) is 0. The predicted molar refractivity (Wildman–Crippen MR) is 47.7 cm³/mol. The fraction of sp³-hybridized carbons (Fsp3) is 0.889. The van der Waals surface area contributed by atoms with Gasteiger partial charge in [-0.2, -0.15) is 0 Å². The Hall–Kier alpha value is -0.120. The highest BCUT2D eigenvalue weighted by atomic mass is 16.5. The molecule has 0 unspecified atom stereocenters. The summed E-state index contributed by atoms with van der Waals surface area (Å²) in [4.78, 5) is 0. The first-order valence-corrected chi connectivity index (χ1v) is 4.53. The molecule has 0 bridgehead atoms. The Morgan fingerprint density at radius 3 is 2.75 bits per heavy atom. The zero-order valence-corrected chi connectivity index (χ0v) is 7.79. The number of aliphatic hydroxyl groups excluding tert-OH is 1. The van der Waals surface area contributed by atoms with E-state index in [1.807, 2.05) is 6.61 Å². The molecule has 0 aliphatic carbocycles. The molecule has 0 saturated heterocycles. The van der Waals surface area contributed by atoms with Crippen LogP contribution in [0.15, 0.2) is 0 Å². The van der Waals surface area contributed by atoms with Gasteiger partial charge in [0.15, 0.2) is 0 Å². The highest BCUT2D eigenvalue weighted by molar-refractivity contribution is 4.49. The van der Waals surface area contributed by atoms with Crippen LogP contribution in [0.5, 0.6) is 0 Å². The molecule has 0 aromatic heterocycles. The Morgan fingerprint density at radius 2 is 2.08 bits per heavy atom. The van der Waals surface area contributed by atoms with E-state index in [2.05, 4.69) is 6.92 Å². The van der Waals surface area contributed by atoms with Crippen LogP contribution in [0.3, 0.4) is 0 Å². The average Bonchev–Trinajstić information content (AvgIpc) is 2.10. The van der Waals surface area contributed by atoms with Gasteiger partial charge in [0.1, 0.15) is 0 Å². The quantitative estimate of drug-likeness (QED) is 0.538. The molecule has 0 saturated carbocycles. The van der Waals surface area contributed by atoms with Gasteiger partial charge in [-0.25, -0.2) is 0 Å². The molecule has 73 valence electrons. The van der Waals surface area contributed by atoms with Gasteiger partial charge in [-0.3, -0.25) is 0 Å². The maximum absolute atomic E-state index is 8.37. The Labute approximate surface area is 74.7 Å². The van der Waals surface area contributed by atoms with Crippen LogP contribution in [0.1, 0.15) is 26.2 Å². The van der Waals surface area contributed by atoms with Gasteiger partial charge in [-0.05, 0) is 6.42 Å². The Kier molecular flexibility index (Phi) is 10.8. The SMILES string of the molecule is CCCC[CH]OCCOCCO. The molecule has 12 heavy (non-hydrogen) atoms. The molecule has 0 heterocycles. The van der Waals surface area contributed by atoms with Crippen LogP contribution >= 0.6 is 0 Å². The molecule has 0 rings (SSSR count). The molecular formula is C9H19O3. The first-order valence-electron chi connectivity index (χ1n) is 4.53. The van der Waals surface area contributed by atoms with Gasteiger partial charge in [0.2, 0.25) is 0 Å². The Bertz CT molecular complexity index is 66.2. The zero-order chi connectivity index (χ0) is 9.07. The second-order valence-electron chi connectivity index (χ2n) is 2.52. The lowest BCUT2D eigenvalue weighted by Crippen LogP contribution is -2.06. The first kappa shape index (κ1) is 11.9. The largest absolute Gasteiger partial charge is 0.394 e. The number of aliphatic hydroxyl groups is 1. The van der Waals surface area contributed by atoms with Crippen LogP contribution in [0, 0.1) is 6.61 Å². The van der Waals surface area contributed by atoms with Crippen molar-refractivity contribution in [3.05, 3.63) is 6.61 Å². The van der Waals surface area contributed by atoms with Crippen molar-refractivity contribution in [2.45, 2.75) is 26.2 Å². The fourth-order valence-corrected chi connectivity index (χ4v) is 0.728. The highest BCUT2D eigenvalue weighted by Gasteiger charge is 1.89. The van der Waals surface area contributed by atoms with Crippen LogP contribution in [0.4, 0.5) is 0 Å². The molecule has 1 radical (unpaired) electrons. The molecule has 3 nitrogen and oxygen atoms in total. The minimum absolute atomic E-state index is 0.0829. The van der Waals surface area contributed by atoms with Crippen LogP contribution in [-0.2, 0) is 9.47 Å². The normalized spacial score (nSPS) is 10.5. The van der Waals surface area contributed by atoms with Gasteiger partial charge in [-0.15, -0.1) is 0 Å². The maximum Gasteiger partial charge on any atom is 0.0837 e. The van der Waals surface area contributed by atoms with Crippen molar-refractivity contribution in [1.29, 1.82) is 0 Å². The lowest BCUT2D eigenvalue weighted by atomic mass is 10.3. The van der Waals surface area contributed by atoms with Crippen LogP contribution < -0.4 is 0 Å². The second kappa shape index (κ2) is 10.9. The number of unbranched alkanes of at least 4 members (excludes halogenated alkanes) is 2. The summed E-state index contributed by atoms with van der Waals surface area (Å²) >= 11 is 0. The van der Waals surface area contributed by atoms with Gasteiger partial charge in [0.25, 0.3) is 0 Å². The maximum atomic E-state index is 8.37. The smallest absolute Gasteiger partial charge is 0.0837 e. The molecular weight excluding hydrogens is 156 g/mol. The van der Waals surface area contributed by atoms with Crippen molar-refractivity contribution in [2.24, 2.45) is 0 Å². The molecule has 0 fully saturated rings. The first-order chi connectivity index (χ1) is 5.91. The molecule has 0 spiro atoms. The predicted octanol–water partition coefficient (Wildman–Crippen LogP) is 1.36. The summed E-state index contributed by atoms with van der Waals surface area (Å²) in [6.07, 6.45) is 3.38. The summed E-state index contributed by atoms with van der Waals surface area (Å²) in [6, 6.07) is 0. The second-order valence-corrected chi connectivity index (χ2v) is 2.52. The third-order valence-electron chi connectivity index (χ3n) is 1.37. The molecule has 1 N–H and O–H groups in total. The summed E-state index contributed by atoms with van der Waals surface area (Å²) in [5, 5.41) is 8.37. The van der Waals surface area contributed by atoms with Crippen LogP contribution in [-0.4, -0.2) is 31.5 Å². The van der Waals surface area contributed by atoms with Gasteiger partial charge in [0, 0.05) is 0 Å². The third-order valence-corrected chi connectivity index (χ3v) is 1.37. The van der Waals surface area contributed by atoms with Crippen LogP contribution in [0.25, 0.3) is 0 Å². The van der Waals surface area contributed by atoms with Crippen molar-refractivity contribution < 1.29 is 14.6 Å². The van der Waals surface area contributed by atoms with Crippen molar-refractivity contribution in [2.75, 3.05) is 26.4 Å². The minimum atomic E-state index is 0.0829. The molecule has 0 aliphatic heterocycles. The molecule has 0 aliphatic rings. The number of rotatable bonds is 9. The van der Waals surface area contributed by atoms with E-state index in [0.717, 1.165) is 6.42 Å². The molecule has 3 heteroatoms. The van der Waals surface area contributed by atoms with E-state index in [0.29, 0.717) is 19.8 Å². The molecule has 0 aromatic rings. The van der Waals surface area contributed by atoms with E-state index < -0.39 is 0 Å². The summed E-state index contributed by atoms with van der Waals surface area (Å²) in [5.74, 6) is 0. The van der Waals surface area contributed by atoms with Gasteiger partial charge in [0.05, 0.1) is 33.0 Å². The van der Waals surface area contributed by atoms with Crippen molar-refractivity contribution >= 4 is 0 Å². The van der Waals surface area contributed by atoms with E-state index in [4.69, 9.17) is 14.6 Å². The summed E-state index contributed by atoms with van der Waals surface area (Å²) in [6.45, 7) is 5.61. The number of ether oxygens (including phenoxy) is 2. The van der Waals surface area contributed by atoms with Gasteiger partial charge >= 0.3 is 0 Å². The van der Waals surface area contributed by atoms with Crippen molar-refractivity contribution in [3.63, 3.8) is 0 Å². The van der Waals surface area contributed by atoms with E-state index in [9.17, 15) is 0 Å². The number of hydrogen-bond donors (Lipinski definition) is 1. The number of hydrogen-bond acceptors (Lipinski definition) is 3. The van der Waals surface area contributed by atoms with E-state index >= 15 is 0 Å². The van der Waals surface area contributed by atoms with E-state index in [1.54, 1.807) is 0 Å². The van der Waals surface area contributed by atoms with Crippen molar-refractivity contribution in [1.82, 2.24) is 0 Å². The molecule has 0 amide bonds. The summed E-state index contributed by atoms with van der Waals surface area (Å²) < 4.78 is 10.1. The lowest BCUT2D eigenvalue weighted by molar-refractivity contribution is 0.0495. The standard InChI is InChI=1S/C9H19O3/c1-2-3-4-6-11-8-9-12-7-5-10/h6,10H,2-5,7-9H2,1H3. The topological polar surface area (TPSA) is 38.7 Å². The Morgan fingerprint density at radius 1 is 1.25 bits per heavy atom. The van der Waals surface area contributed by atoms with Crippen LogP contribution in [0.2, 0.25) is 0 Å². The third kappa shape index (κ3) is 9.88. The van der Waals surface area contributed by atoms with Crippen molar-refractivity contribution in [3.8, 4) is 0 Å². The monoisotopic (exact) mass is 175 g/mol. The zero-order valence-electron chi connectivity index (χ0n) is 7.79.